The molecule has 2 aromatic heterocycles. The third-order valence-corrected chi connectivity index (χ3v) is 4.79. The zero-order chi connectivity index (χ0) is 18.8. The molecule has 1 saturated heterocycles. The van der Waals surface area contributed by atoms with Gasteiger partial charge in [0, 0.05) is 49.3 Å². The summed E-state index contributed by atoms with van der Waals surface area (Å²) in [6, 6.07) is 9.34. The Morgan fingerprint density at radius 1 is 1.11 bits per heavy atom. The highest BCUT2D eigenvalue weighted by Crippen LogP contribution is 2.28. The summed E-state index contributed by atoms with van der Waals surface area (Å²) in [6.07, 6.45) is 7.73. The van der Waals surface area contributed by atoms with Crippen molar-refractivity contribution in [2.45, 2.75) is 12.8 Å². The second-order valence-corrected chi connectivity index (χ2v) is 6.75. The highest BCUT2D eigenvalue weighted by atomic mass is 16.1. The van der Waals surface area contributed by atoms with Crippen LogP contribution >= 0.6 is 0 Å². The molecule has 0 unspecified atom stereocenters. The van der Waals surface area contributed by atoms with E-state index in [0.29, 0.717) is 17.1 Å². The van der Waals surface area contributed by atoms with Crippen LogP contribution in [0.5, 0.6) is 0 Å². The fourth-order valence-electron chi connectivity index (χ4n) is 3.28. The van der Waals surface area contributed by atoms with Crippen LogP contribution in [0.2, 0.25) is 0 Å². The molecule has 0 bridgehead atoms. The first kappa shape index (κ1) is 17.1. The summed E-state index contributed by atoms with van der Waals surface area (Å²) in [5.74, 6) is -0.280. The minimum absolute atomic E-state index is 0.280. The van der Waals surface area contributed by atoms with Crippen molar-refractivity contribution in [1.82, 2.24) is 14.8 Å². The van der Waals surface area contributed by atoms with Crippen LogP contribution in [-0.2, 0) is 7.05 Å². The third-order valence-electron chi connectivity index (χ3n) is 4.79. The summed E-state index contributed by atoms with van der Waals surface area (Å²) in [7, 11) is 1.86. The van der Waals surface area contributed by atoms with E-state index in [9.17, 15) is 4.79 Å². The van der Waals surface area contributed by atoms with Crippen molar-refractivity contribution in [3.63, 3.8) is 0 Å². The molecule has 0 spiro atoms. The Labute approximate surface area is 157 Å². The first-order valence-electron chi connectivity index (χ1n) is 9.01. The number of amides is 1. The van der Waals surface area contributed by atoms with Gasteiger partial charge in [0.2, 0.25) is 0 Å². The van der Waals surface area contributed by atoms with Gasteiger partial charge >= 0.3 is 0 Å². The number of aryl methyl sites for hydroxylation is 1. The van der Waals surface area contributed by atoms with E-state index >= 15 is 0 Å². The summed E-state index contributed by atoms with van der Waals surface area (Å²) in [5.41, 5.74) is 10.5. The highest BCUT2D eigenvalue weighted by Gasteiger charge is 2.15. The van der Waals surface area contributed by atoms with E-state index in [2.05, 4.69) is 20.3 Å². The summed E-state index contributed by atoms with van der Waals surface area (Å²) in [6.45, 7) is 2.07. The molecule has 1 aliphatic heterocycles. The maximum Gasteiger partial charge on any atom is 0.274 e. The first-order chi connectivity index (χ1) is 13.1. The molecule has 138 valence electrons. The van der Waals surface area contributed by atoms with Gasteiger partial charge in [0.1, 0.15) is 5.69 Å². The van der Waals surface area contributed by atoms with E-state index < -0.39 is 0 Å². The number of nitrogens with two attached hydrogens (primary N) is 1. The Balaban J connectivity index is 1.51. The lowest BCUT2D eigenvalue weighted by Crippen LogP contribution is -2.19. The minimum atomic E-state index is -0.280. The lowest BCUT2D eigenvalue weighted by Gasteiger charge is -2.19. The van der Waals surface area contributed by atoms with E-state index in [1.165, 1.54) is 12.8 Å². The van der Waals surface area contributed by atoms with E-state index in [0.717, 1.165) is 29.9 Å². The Hall–Kier alpha value is -3.35. The Kier molecular flexibility index (Phi) is 4.50. The number of rotatable bonds is 4. The summed E-state index contributed by atoms with van der Waals surface area (Å²) in [4.78, 5) is 19.2. The molecule has 3 heterocycles. The van der Waals surface area contributed by atoms with Crippen LogP contribution in [-0.4, -0.2) is 33.8 Å². The van der Waals surface area contributed by atoms with E-state index in [1.54, 1.807) is 23.1 Å². The van der Waals surface area contributed by atoms with Crippen LogP contribution in [0.4, 0.5) is 17.1 Å². The lowest BCUT2D eigenvalue weighted by atomic mass is 10.1. The van der Waals surface area contributed by atoms with Crippen molar-refractivity contribution >= 4 is 23.0 Å². The van der Waals surface area contributed by atoms with Gasteiger partial charge in [0.05, 0.1) is 17.6 Å². The zero-order valence-corrected chi connectivity index (χ0v) is 15.2. The molecule has 0 saturated carbocycles. The van der Waals surface area contributed by atoms with E-state index in [1.807, 2.05) is 37.5 Å². The minimum Gasteiger partial charge on any atom is -0.397 e. The summed E-state index contributed by atoms with van der Waals surface area (Å²) >= 11 is 0. The number of nitrogen functional groups attached to an aromatic ring is 1. The van der Waals surface area contributed by atoms with Crippen LogP contribution in [0.25, 0.3) is 11.1 Å². The zero-order valence-electron chi connectivity index (χ0n) is 15.2. The van der Waals surface area contributed by atoms with Crippen molar-refractivity contribution in [2.24, 2.45) is 7.05 Å². The molecule has 4 rings (SSSR count). The van der Waals surface area contributed by atoms with E-state index in [-0.39, 0.29) is 5.91 Å². The van der Waals surface area contributed by atoms with Crippen molar-refractivity contribution in [2.75, 3.05) is 29.0 Å². The number of pyridine rings is 1. The number of hydrogen-bond donors (Lipinski definition) is 2. The molecule has 27 heavy (non-hydrogen) atoms. The van der Waals surface area contributed by atoms with Gasteiger partial charge in [-0.25, -0.2) is 0 Å². The van der Waals surface area contributed by atoms with Crippen LogP contribution in [0, 0.1) is 0 Å². The van der Waals surface area contributed by atoms with Crippen molar-refractivity contribution in [3.8, 4) is 11.1 Å². The molecule has 1 fully saturated rings. The summed E-state index contributed by atoms with van der Waals surface area (Å²) in [5, 5.41) is 7.03. The second kappa shape index (κ2) is 7.11. The second-order valence-electron chi connectivity index (χ2n) is 6.75. The molecule has 3 aromatic rings. The number of benzene rings is 1. The van der Waals surface area contributed by atoms with Crippen molar-refractivity contribution < 1.29 is 4.79 Å². The molecule has 1 aliphatic rings. The highest BCUT2D eigenvalue weighted by molar-refractivity contribution is 6.05. The Bertz CT molecular complexity index is 957. The normalized spacial score (nSPS) is 13.7. The van der Waals surface area contributed by atoms with Gasteiger partial charge in [-0.1, -0.05) is 6.07 Å². The SMILES string of the molecule is Cn1cc(-c2ccc(C(=O)Nc3cc(N4CCCC4)ccc3N)nc2)cn1. The fraction of sp³-hybridized carbons (Fsp3) is 0.250. The monoisotopic (exact) mass is 362 g/mol. The number of nitrogens with zero attached hydrogens (tertiary/aromatic N) is 4. The number of carbonyl (C=O) groups excluding carboxylic acids is 1. The number of aromatic nitrogens is 3. The van der Waals surface area contributed by atoms with Gasteiger partial charge in [0.15, 0.2) is 0 Å². The maximum absolute atomic E-state index is 12.6. The number of nitrogens with one attached hydrogen (secondary N) is 1. The largest absolute Gasteiger partial charge is 0.397 e. The Morgan fingerprint density at radius 2 is 1.93 bits per heavy atom. The average Bonchev–Trinajstić information content (AvgIpc) is 3.35. The first-order valence-corrected chi connectivity index (χ1v) is 9.01. The van der Waals surface area contributed by atoms with Crippen LogP contribution in [0.1, 0.15) is 23.3 Å². The predicted octanol–water partition coefficient (Wildman–Crippen LogP) is 2.92. The van der Waals surface area contributed by atoms with Gasteiger partial charge in [-0.15, -0.1) is 0 Å². The average molecular weight is 362 g/mol. The predicted molar refractivity (Wildman–Crippen MR) is 107 cm³/mol. The van der Waals surface area contributed by atoms with Gasteiger partial charge in [-0.2, -0.15) is 5.10 Å². The molecule has 0 radical (unpaired) electrons. The standard InChI is InChI=1S/C20H22N6O/c1-25-13-15(12-23-25)14-4-7-18(22-11-14)20(27)24-19-10-16(5-6-17(19)21)26-8-2-3-9-26/h4-7,10-13H,2-3,8-9,21H2,1H3,(H,24,27). The van der Waals surface area contributed by atoms with Gasteiger partial charge < -0.3 is 16.0 Å². The van der Waals surface area contributed by atoms with Crippen molar-refractivity contribution in [3.05, 3.63) is 54.6 Å². The molecular formula is C20H22N6O. The molecular weight excluding hydrogens is 340 g/mol. The molecule has 7 nitrogen and oxygen atoms in total. The van der Waals surface area contributed by atoms with Crippen LogP contribution < -0.4 is 16.0 Å². The van der Waals surface area contributed by atoms with Crippen LogP contribution in [0.3, 0.4) is 0 Å². The third kappa shape index (κ3) is 3.62. The topological polar surface area (TPSA) is 89.1 Å². The number of hydrogen-bond acceptors (Lipinski definition) is 5. The fourth-order valence-corrected chi connectivity index (χ4v) is 3.28. The van der Waals surface area contributed by atoms with Crippen LogP contribution in [0.15, 0.2) is 48.9 Å². The number of carbonyl (C=O) groups is 1. The Morgan fingerprint density at radius 3 is 2.59 bits per heavy atom. The van der Waals surface area contributed by atoms with Gasteiger partial charge in [-0.3, -0.25) is 14.5 Å². The van der Waals surface area contributed by atoms with Gasteiger partial charge in [-0.05, 0) is 37.1 Å². The molecule has 1 amide bonds. The maximum atomic E-state index is 12.6. The molecule has 0 atom stereocenters. The number of anilines is 3. The van der Waals surface area contributed by atoms with E-state index in [4.69, 9.17) is 5.73 Å². The molecule has 0 aliphatic carbocycles. The lowest BCUT2D eigenvalue weighted by molar-refractivity contribution is 0.102. The molecule has 3 N–H and O–H groups in total. The molecule has 1 aromatic carbocycles. The smallest absolute Gasteiger partial charge is 0.274 e. The quantitative estimate of drug-likeness (QED) is 0.697. The van der Waals surface area contributed by atoms with Crippen molar-refractivity contribution in [1.29, 1.82) is 0 Å². The summed E-state index contributed by atoms with van der Waals surface area (Å²) < 4.78 is 1.73. The van der Waals surface area contributed by atoms with Gasteiger partial charge in [0.25, 0.3) is 5.91 Å². The molecule has 7 heteroatoms.